The molecule has 1 N–H and O–H groups in total. The van der Waals surface area contributed by atoms with Crippen LogP contribution in [0.1, 0.15) is 32.6 Å². The number of nitrogens with one attached hydrogen (secondary N) is 1. The van der Waals surface area contributed by atoms with E-state index in [2.05, 4.69) is 22.8 Å². The SMILES string of the molecule is CC(=O)C(CS)NC(=O)CCCCCO[N+](=O)[O-]. The van der Waals surface area contributed by atoms with Gasteiger partial charge in [0.2, 0.25) is 5.91 Å². The van der Waals surface area contributed by atoms with Crippen LogP contribution in [-0.4, -0.2) is 35.2 Å². The van der Waals surface area contributed by atoms with Crippen molar-refractivity contribution in [3.8, 4) is 0 Å². The zero-order valence-corrected chi connectivity index (χ0v) is 11.2. The lowest BCUT2D eigenvalue weighted by molar-refractivity contribution is -0.757. The Labute approximate surface area is 111 Å². The number of hydrogen-bond acceptors (Lipinski definition) is 6. The third kappa shape index (κ3) is 8.80. The van der Waals surface area contributed by atoms with Gasteiger partial charge in [0.1, 0.15) is 0 Å². The summed E-state index contributed by atoms with van der Waals surface area (Å²) < 4.78 is 0. The third-order valence-corrected chi connectivity index (χ3v) is 2.62. The Bertz CT molecular complexity index is 298. The van der Waals surface area contributed by atoms with Crippen LogP contribution in [0.4, 0.5) is 0 Å². The van der Waals surface area contributed by atoms with Crippen molar-refractivity contribution in [1.82, 2.24) is 5.32 Å². The lowest BCUT2D eigenvalue weighted by Gasteiger charge is -2.12. The van der Waals surface area contributed by atoms with Crippen molar-refractivity contribution in [3.63, 3.8) is 0 Å². The Balaban J connectivity index is 3.59. The van der Waals surface area contributed by atoms with E-state index in [-0.39, 0.29) is 30.5 Å². The molecule has 0 aliphatic rings. The summed E-state index contributed by atoms with van der Waals surface area (Å²) in [5, 5.41) is 11.6. The zero-order valence-electron chi connectivity index (χ0n) is 10.3. The van der Waals surface area contributed by atoms with Gasteiger partial charge in [-0.05, 0) is 19.8 Å². The molecule has 0 radical (unpaired) electrons. The summed E-state index contributed by atoms with van der Waals surface area (Å²) >= 11 is 3.97. The van der Waals surface area contributed by atoms with Gasteiger partial charge in [0.25, 0.3) is 5.09 Å². The van der Waals surface area contributed by atoms with Crippen molar-refractivity contribution >= 4 is 24.3 Å². The van der Waals surface area contributed by atoms with Crippen LogP contribution in [0.15, 0.2) is 0 Å². The van der Waals surface area contributed by atoms with E-state index in [1.165, 1.54) is 6.92 Å². The molecule has 1 unspecified atom stereocenters. The molecule has 7 nitrogen and oxygen atoms in total. The van der Waals surface area contributed by atoms with Crippen molar-refractivity contribution in [2.75, 3.05) is 12.4 Å². The van der Waals surface area contributed by atoms with Crippen LogP contribution in [-0.2, 0) is 14.4 Å². The van der Waals surface area contributed by atoms with E-state index in [4.69, 9.17) is 0 Å². The lowest BCUT2D eigenvalue weighted by Crippen LogP contribution is -2.40. The molecule has 1 atom stereocenters. The van der Waals surface area contributed by atoms with Crippen molar-refractivity contribution in [2.45, 2.75) is 38.6 Å². The number of rotatable bonds is 10. The van der Waals surface area contributed by atoms with Crippen molar-refractivity contribution in [3.05, 3.63) is 10.1 Å². The van der Waals surface area contributed by atoms with Crippen LogP contribution in [0.2, 0.25) is 0 Å². The van der Waals surface area contributed by atoms with E-state index in [9.17, 15) is 19.7 Å². The lowest BCUT2D eigenvalue weighted by atomic mass is 10.1. The molecule has 0 rings (SSSR count). The highest BCUT2D eigenvalue weighted by Gasteiger charge is 2.14. The number of thiol groups is 1. The molecular formula is C10H18N2O5S. The summed E-state index contributed by atoms with van der Waals surface area (Å²) in [5.74, 6) is -0.0604. The predicted octanol–water partition coefficient (Wildman–Crippen LogP) is 0.759. The number of ketones is 1. The van der Waals surface area contributed by atoms with Gasteiger partial charge in [-0.15, -0.1) is 10.1 Å². The van der Waals surface area contributed by atoms with Gasteiger partial charge in [0.15, 0.2) is 5.78 Å². The van der Waals surface area contributed by atoms with Gasteiger partial charge in [-0.3, -0.25) is 9.59 Å². The Kier molecular flexibility index (Phi) is 8.99. The number of carbonyl (C=O) groups excluding carboxylic acids is 2. The van der Waals surface area contributed by atoms with Gasteiger partial charge in [-0.2, -0.15) is 12.6 Å². The van der Waals surface area contributed by atoms with E-state index in [0.717, 1.165) is 0 Å². The largest absolute Gasteiger partial charge is 0.345 e. The molecule has 0 spiro atoms. The van der Waals surface area contributed by atoms with Crippen molar-refractivity contribution in [1.29, 1.82) is 0 Å². The van der Waals surface area contributed by atoms with Crippen LogP contribution in [0.3, 0.4) is 0 Å². The molecule has 0 fully saturated rings. The minimum Gasteiger partial charge on any atom is -0.345 e. The smallest absolute Gasteiger partial charge is 0.294 e. The summed E-state index contributed by atoms with van der Waals surface area (Å²) in [7, 11) is 0. The summed E-state index contributed by atoms with van der Waals surface area (Å²) in [6.07, 6.45) is 2.07. The van der Waals surface area contributed by atoms with Crippen LogP contribution in [0.25, 0.3) is 0 Å². The molecule has 0 aliphatic heterocycles. The average molecular weight is 278 g/mol. The molecule has 8 heteroatoms. The van der Waals surface area contributed by atoms with Crippen LogP contribution in [0.5, 0.6) is 0 Å². The number of Topliss-reactive ketones (excluding diaryl/α,β-unsaturated/α-hetero) is 1. The second kappa shape index (κ2) is 9.69. The first-order valence-electron chi connectivity index (χ1n) is 5.65. The van der Waals surface area contributed by atoms with Gasteiger partial charge >= 0.3 is 0 Å². The first kappa shape index (κ1) is 16.7. The molecule has 0 aromatic rings. The second-order valence-corrected chi connectivity index (χ2v) is 4.15. The molecule has 0 saturated heterocycles. The van der Waals surface area contributed by atoms with E-state index < -0.39 is 11.1 Å². The fourth-order valence-electron chi connectivity index (χ4n) is 1.25. The predicted molar refractivity (Wildman–Crippen MR) is 67.9 cm³/mol. The Morgan fingerprint density at radius 3 is 2.56 bits per heavy atom. The third-order valence-electron chi connectivity index (χ3n) is 2.25. The summed E-state index contributed by atoms with van der Waals surface area (Å²) in [6, 6.07) is -0.543. The van der Waals surface area contributed by atoms with Gasteiger partial charge in [0, 0.05) is 12.2 Å². The van der Waals surface area contributed by atoms with Gasteiger partial charge < -0.3 is 10.2 Å². The highest BCUT2D eigenvalue weighted by atomic mass is 32.1. The molecule has 0 aromatic heterocycles. The normalized spacial score (nSPS) is 11.7. The van der Waals surface area contributed by atoms with Gasteiger partial charge in [-0.25, -0.2) is 0 Å². The molecule has 0 heterocycles. The highest BCUT2D eigenvalue weighted by molar-refractivity contribution is 7.80. The first-order chi connectivity index (χ1) is 8.47. The van der Waals surface area contributed by atoms with E-state index >= 15 is 0 Å². The first-order valence-corrected chi connectivity index (χ1v) is 6.28. The monoisotopic (exact) mass is 278 g/mol. The number of unbranched alkanes of at least 4 members (excludes halogenated alkanes) is 2. The number of carbonyl (C=O) groups is 2. The maximum Gasteiger partial charge on any atom is 0.294 e. The van der Waals surface area contributed by atoms with Crippen molar-refractivity contribution in [2.24, 2.45) is 0 Å². The minimum absolute atomic E-state index is 0.0430. The standard InChI is InChI=1S/C10H18N2O5S/c1-8(13)9(7-18)11-10(14)5-3-2-4-6-17-12(15)16/h9,18H,2-7H2,1H3,(H,11,14). The number of amides is 1. The second-order valence-electron chi connectivity index (χ2n) is 3.78. The quantitative estimate of drug-likeness (QED) is 0.266. The fourth-order valence-corrected chi connectivity index (χ4v) is 1.59. The highest BCUT2D eigenvalue weighted by Crippen LogP contribution is 2.01. The van der Waals surface area contributed by atoms with Crippen LogP contribution in [0, 0.1) is 10.1 Å². The van der Waals surface area contributed by atoms with Crippen LogP contribution < -0.4 is 5.32 Å². The molecular weight excluding hydrogens is 260 g/mol. The molecule has 0 aliphatic carbocycles. The summed E-state index contributed by atoms with van der Waals surface area (Å²) in [6.45, 7) is 1.44. The Morgan fingerprint density at radius 1 is 1.39 bits per heavy atom. The molecule has 1 amide bonds. The van der Waals surface area contributed by atoms with E-state index in [0.29, 0.717) is 19.3 Å². The number of hydrogen-bond donors (Lipinski definition) is 2. The van der Waals surface area contributed by atoms with Gasteiger partial charge in [0.05, 0.1) is 12.6 Å². The summed E-state index contributed by atoms with van der Waals surface area (Å²) in [5.41, 5.74) is 0. The molecule has 104 valence electrons. The Morgan fingerprint density at radius 2 is 2.06 bits per heavy atom. The molecule has 0 aromatic carbocycles. The van der Waals surface area contributed by atoms with E-state index in [1.807, 2.05) is 0 Å². The van der Waals surface area contributed by atoms with Gasteiger partial charge in [-0.1, -0.05) is 6.42 Å². The average Bonchev–Trinajstić information content (AvgIpc) is 2.29. The maximum absolute atomic E-state index is 11.4. The summed E-state index contributed by atoms with van der Waals surface area (Å²) in [4.78, 5) is 36.4. The topological polar surface area (TPSA) is 98.5 Å². The molecule has 0 bridgehead atoms. The Hall–Kier alpha value is -1.31. The fraction of sp³-hybridized carbons (Fsp3) is 0.800. The molecule has 0 saturated carbocycles. The molecule has 18 heavy (non-hydrogen) atoms. The van der Waals surface area contributed by atoms with E-state index in [1.54, 1.807) is 0 Å². The minimum atomic E-state index is -0.836. The zero-order chi connectivity index (χ0) is 14.0. The number of nitrogens with zero attached hydrogens (tertiary/aromatic N) is 1. The maximum atomic E-state index is 11.4. The van der Waals surface area contributed by atoms with Crippen molar-refractivity contribution < 1.29 is 19.5 Å². The van der Waals surface area contributed by atoms with Crippen LogP contribution >= 0.6 is 12.6 Å².